The second-order valence-electron chi connectivity index (χ2n) is 5.43. The number of anilines is 2. The van der Waals surface area contributed by atoms with Crippen molar-refractivity contribution in [2.24, 2.45) is 0 Å². The third kappa shape index (κ3) is 3.87. The number of hydrogen-bond acceptors (Lipinski definition) is 3. The number of nitrogens with zero attached hydrogens (tertiary/aromatic N) is 2. The largest absolute Gasteiger partial charge is 0.508 e. The molecule has 0 saturated carbocycles. The lowest BCUT2D eigenvalue weighted by Gasteiger charge is -2.36. The van der Waals surface area contributed by atoms with Crippen molar-refractivity contribution in [2.45, 2.75) is 0 Å². The minimum absolute atomic E-state index is 0.108. The zero-order valence-electron chi connectivity index (χ0n) is 12.6. The quantitative estimate of drug-likeness (QED) is 0.886. The highest BCUT2D eigenvalue weighted by atomic mass is 35.5. The normalized spacial score (nSPS) is 14.7. The van der Waals surface area contributed by atoms with Gasteiger partial charge in [-0.05, 0) is 36.4 Å². The first-order valence-corrected chi connectivity index (χ1v) is 7.85. The molecule has 2 amide bonds. The Morgan fingerprint density at radius 1 is 1.04 bits per heavy atom. The highest BCUT2D eigenvalue weighted by Crippen LogP contribution is 2.21. The molecule has 0 bridgehead atoms. The summed E-state index contributed by atoms with van der Waals surface area (Å²) in [6, 6.07) is 14.1. The Labute approximate surface area is 140 Å². The van der Waals surface area contributed by atoms with E-state index in [1.165, 1.54) is 0 Å². The lowest BCUT2D eigenvalue weighted by atomic mass is 10.2. The van der Waals surface area contributed by atoms with Crippen molar-refractivity contribution >= 4 is 29.0 Å². The van der Waals surface area contributed by atoms with Crippen LogP contribution in [0.2, 0.25) is 5.02 Å². The van der Waals surface area contributed by atoms with Gasteiger partial charge in [0.2, 0.25) is 0 Å². The van der Waals surface area contributed by atoms with Gasteiger partial charge in [-0.2, -0.15) is 0 Å². The highest BCUT2D eigenvalue weighted by Gasteiger charge is 2.21. The number of benzene rings is 2. The van der Waals surface area contributed by atoms with Crippen LogP contribution < -0.4 is 10.2 Å². The molecular weight excluding hydrogens is 314 g/mol. The third-order valence-electron chi connectivity index (χ3n) is 3.86. The van der Waals surface area contributed by atoms with Gasteiger partial charge in [0.15, 0.2) is 0 Å². The van der Waals surface area contributed by atoms with E-state index in [1.54, 1.807) is 41.3 Å². The predicted molar refractivity (Wildman–Crippen MR) is 92.4 cm³/mol. The van der Waals surface area contributed by atoms with Gasteiger partial charge in [0.25, 0.3) is 0 Å². The van der Waals surface area contributed by atoms with E-state index in [4.69, 9.17) is 11.6 Å². The van der Waals surface area contributed by atoms with Crippen molar-refractivity contribution in [2.75, 3.05) is 36.4 Å². The van der Waals surface area contributed by atoms with Gasteiger partial charge in [-0.3, -0.25) is 0 Å². The van der Waals surface area contributed by atoms with Crippen molar-refractivity contribution in [1.82, 2.24) is 4.90 Å². The third-order valence-corrected chi connectivity index (χ3v) is 4.11. The molecule has 2 aromatic carbocycles. The van der Waals surface area contributed by atoms with E-state index in [0.29, 0.717) is 18.1 Å². The van der Waals surface area contributed by atoms with Crippen molar-refractivity contribution in [1.29, 1.82) is 0 Å². The molecule has 120 valence electrons. The lowest BCUT2D eigenvalue weighted by molar-refractivity contribution is 0.208. The first-order chi connectivity index (χ1) is 11.1. The highest BCUT2D eigenvalue weighted by molar-refractivity contribution is 6.30. The summed E-state index contributed by atoms with van der Waals surface area (Å²) in [5.74, 6) is 0.255. The second kappa shape index (κ2) is 6.79. The number of piperazine rings is 1. The van der Waals surface area contributed by atoms with Gasteiger partial charge >= 0.3 is 6.03 Å². The smallest absolute Gasteiger partial charge is 0.321 e. The van der Waals surface area contributed by atoms with Crippen molar-refractivity contribution < 1.29 is 9.90 Å². The van der Waals surface area contributed by atoms with E-state index in [2.05, 4.69) is 10.2 Å². The fourth-order valence-corrected chi connectivity index (χ4v) is 2.72. The number of urea groups is 1. The monoisotopic (exact) mass is 331 g/mol. The van der Waals surface area contributed by atoms with Crippen LogP contribution in [0.25, 0.3) is 0 Å². The number of nitrogens with one attached hydrogen (secondary N) is 1. The van der Waals surface area contributed by atoms with Crippen LogP contribution in [-0.4, -0.2) is 42.2 Å². The lowest BCUT2D eigenvalue weighted by Crippen LogP contribution is -2.50. The van der Waals surface area contributed by atoms with Crippen LogP contribution >= 0.6 is 11.6 Å². The Morgan fingerprint density at radius 3 is 2.39 bits per heavy atom. The molecule has 2 N–H and O–H groups in total. The standard InChI is InChI=1S/C17H18ClN3O2/c18-13-4-6-14(7-5-13)19-17(23)21-10-8-20(9-11-21)15-2-1-3-16(22)12-15/h1-7,12,22H,8-11H2,(H,19,23). The molecule has 0 aromatic heterocycles. The Morgan fingerprint density at radius 2 is 1.74 bits per heavy atom. The SMILES string of the molecule is O=C(Nc1ccc(Cl)cc1)N1CCN(c2cccc(O)c2)CC1. The number of phenols is 1. The van der Waals surface area contributed by atoms with E-state index in [0.717, 1.165) is 24.5 Å². The Kier molecular flexibility index (Phi) is 4.57. The van der Waals surface area contributed by atoms with Gasteiger partial charge in [0.1, 0.15) is 5.75 Å². The van der Waals surface area contributed by atoms with Crippen LogP contribution in [0.4, 0.5) is 16.2 Å². The van der Waals surface area contributed by atoms with Gasteiger partial charge in [-0.15, -0.1) is 0 Å². The van der Waals surface area contributed by atoms with E-state index >= 15 is 0 Å². The first-order valence-electron chi connectivity index (χ1n) is 7.47. The number of rotatable bonds is 2. The summed E-state index contributed by atoms with van der Waals surface area (Å²) in [5, 5.41) is 13.1. The molecule has 3 rings (SSSR count). The summed E-state index contributed by atoms with van der Waals surface area (Å²) in [4.78, 5) is 16.2. The summed E-state index contributed by atoms with van der Waals surface area (Å²) >= 11 is 5.84. The van der Waals surface area contributed by atoms with Crippen LogP contribution in [0.1, 0.15) is 0 Å². The van der Waals surface area contributed by atoms with E-state index in [-0.39, 0.29) is 11.8 Å². The van der Waals surface area contributed by atoms with Crippen LogP contribution in [0.15, 0.2) is 48.5 Å². The van der Waals surface area contributed by atoms with E-state index in [9.17, 15) is 9.90 Å². The summed E-state index contributed by atoms with van der Waals surface area (Å²) in [5.41, 5.74) is 1.71. The van der Waals surface area contributed by atoms with Gasteiger partial charge < -0.3 is 20.2 Å². The van der Waals surface area contributed by atoms with Gasteiger partial charge in [0.05, 0.1) is 0 Å². The average Bonchev–Trinajstić information content (AvgIpc) is 2.57. The van der Waals surface area contributed by atoms with Crippen molar-refractivity contribution in [3.8, 4) is 5.75 Å². The molecule has 5 nitrogen and oxygen atoms in total. The van der Waals surface area contributed by atoms with Crippen molar-refractivity contribution in [3.63, 3.8) is 0 Å². The number of carbonyl (C=O) groups is 1. The molecule has 0 radical (unpaired) electrons. The number of halogens is 1. The predicted octanol–water partition coefficient (Wildman–Crippen LogP) is 3.40. The molecule has 1 aliphatic heterocycles. The zero-order chi connectivity index (χ0) is 16.2. The molecule has 0 aliphatic carbocycles. The molecule has 1 aliphatic rings. The minimum atomic E-state index is -0.108. The molecule has 0 unspecified atom stereocenters. The Balaban J connectivity index is 1.56. The van der Waals surface area contributed by atoms with Gasteiger partial charge in [0, 0.05) is 48.6 Å². The van der Waals surface area contributed by atoms with Gasteiger partial charge in [-0.25, -0.2) is 4.79 Å². The molecule has 23 heavy (non-hydrogen) atoms. The molecule has 2 aromatic rings. The molecule has 1 heterocycles. The zero-order valence-corrected chi connectivity index (χ0v) is 13.3. The Hall–Kier alpha value is -2.40. The second-order valence-corrected chi connectivity index (χ2v) is 5.87. The number of carbonyl (C=O) groups excluding carboxylic acids is 1. The van der Waals surface area contributed by atoms with Crippen LogP contribution in [0.3, 0.4) is 0 Å². The van der Waals surface area contributed by atoms with E-state index < -0.39 is 0 Å². The fourth-order valence-electron chi connectivity index (χ4n) is 2.59. The summed E-state index contributed by atoms with van der Waals surface area (Å²) in [6.45, 7) is 2.74. The summed E-state index contributed by atoms with van der Waals surface area (Å²) in [6.07, 6.45) is 0. The van der Waals surface area contributed by atoms with Gasteiger partial charge in [-0.1, -0.05) is 17.7 Å². The number of aromatic hydroxyl groups is 1. The topological polar surface area (TPSA) is 55.8 Å². The van der Waals surface area contributed by atoms with Crippen LogP contribution in [-0.2, 0) is 0 Å². The average molecular weight is 332 g/mol. The molecule has 0 atom stereocenters. The molecule has 1 saturated heterocycles. The number of phenolic OH excluding ortho intramolecular Hbond substituents is 1. The fraction of sp³-hybridized carbons (Fsp3) is 0.235. The molecular formula is C17H18ClN3O2. The maximum Gasteiger partial charge on any atom is 0.321 e. The maximum absolute atomic E-state index is 12.3. The summed E-state index contributed by atoms with van der Waals surface area (Å²) in [7, 11) is 0. The number of amides is 2. The van der Waals surface area contributed by atoms with Crippen LogP contribution in [0, 0.1) is 0 Å². The Bertz CT molecular complexity index is 682. The molecule has 6 heteroatoms. The van der Waals surface area contributed by atoms with E-state index in [1.807, 2.05) is 12.1 Å². The summed E-state index contributed by atoms with van der Waals surface area (Å²) < 4.78 is 0. The van der Waals surface area contributed by atoms with Crippen molar-refractivity contribution in [3.05, 3.63) is 53.6 Å². The maximum atomic E-state index is 12.3. The molecule has 0 spiro atoms. The molecule has 1 fully saturated rings. The van der Waals surface area contributed by atoms with Crippen LogP contribution in [0.5, 0.6) is 5.75 Å². The number of hydrogen-bond donors (Lipinski definition) is 2. The minimum Gasteiger partial charge on any atom is -0.508 e. The first kappa shape index (κ1) is 15.5.